The molecule has 0 aliphatic heterocycles. The molecule has 1 aliphatic carbocycles. The maximum atomic E-state index is 12.6. The van der Waals surface area contributed by atoms with Crippen LogP contribution in [0.1, 0.15) is 36.5 Å². The summed E-state index contributed by atoms with van der Waals surface area (Å²) in [6, 6.07) is 15.1. The number of amides is 1. The van der Waals surface area contributed by atoms with Crippen LogP contribution in [0, 0.1) is 0 Å². The number of benzene rings is 2. The van der Waals surface area contributed by atoms with Crippen LogP contribution in [0.4, 0.5) is 0 Å². The van der Waals surface area contributed by atoms with Crippen LogP contribution in [0.2, 0.25) is 0 Å². The fraction of sp³-hybridized carbons (Fsp3) is 0.381. The van der Waals surface area contributed by atoms with Crippen molar-refractivity contribution in [1.29, 1.82) is 0 Å². The number of carbonyl (C=O) groups is 1. The summed E-state index contributed by atoms with van der Waals surface area (Å²) in [5, 5.41) is 0. The minimum absolute atomic E-state index is 0.0770. The maximum absolute atomic E-state index is 12.6. The van der Waals surface area contributed by atoms with Gasteiger partial charge in [-0.25, -0.2) is 13.1 Å². The molecule has 3 rings (SSSR count). The Bertz CT molecular complexity index is 895. The molecule has 0 spiro atoms. The molecule has 5 nitrogen and oxygen atoms in total. The zero-order chi connectivity index (χ0) is 19.3. The second-order valence-electron chi connectivity index (χ2n) is 6.96. The Morgan fingerprint density at radius 3 is 2.44 bits per heavy atom. The van der Waals surface area contributed by atoms with E-state index in [2.05, 4.69) is 4.72 Å². The van der Waals surface area contributed by atoms with Gasteiger partial charge in [0, 0.05) is 26.6 Å². The summed E-state index contributed by atoms with van der Waals surface area (Å²) in [5.41, 5.74) is 3.41. The van der Waals surface area contributed by atoms with E-state index in [9.17, 15) is 13.2 Å². The lowest BCUT2D eigenvalue weighted by Crippen LogP contribution is -2.37. The van der Waals surface area contributed by atoms with Gasteiger partial charge in [-0.2, -0.15) is 0 Å². The van der Waals surface area contributed by atoms with Crippen molar-refractivity contribution in [3.05, 3.63) is 65.2 Å². The zero-order valence-corrected chi connectivity index (χ0v) is 16.5. The van der Waals surface area contributed by atoms with Gasteiger partial charge in [0.15, 0.2) is 0 Å². The highest BCUT2D eigenvalue weighted by Gasteiger charge is 2.18. The van der Waals surface area contributed by atoms with E-state index >= 15 is 0 Å². The molecule has 0 heterocycles. The van der Waals surface area contributed by atoms with Gasteiger partial charge >= 0.3 is 0 Å². The number of hydrogen-bond donors (Lipinski definition) is 1. The molecule has 2 aromatic carbocycles. The fourth-order valence-corrected chi connectivity index (χ4v) is 4.50. The van der Waals surface area contributed by atoms with Gasteiger partial charge in [0.05, 0.1) is 4.90 Å². The van der Waals surface area contributed by atoms with Gasteiger partial charge in [0.1, 0.15) is 0 Å². The van der Waals surface area contributed by atoms with E-state index in [1.165, 1.54) is 18.9 Å². The van der Waals surface area contributed by atoms with E-state index in [0.717, 1.165) is 30.4 Å². The molecule has 1 amide bonds. The summed E-state index contributed by atoms with van der Waals surface area (Å²) in [6.45, 7) is 2.48. The van der Waals surface area contributed by atoms with Crippen LogP contribution in [0.3, 0.4) is 0 Å². The molecule has 0 atom stereocenters. The fourth-order valence-electron chi connectivity index (χ4n) is 3.43. The molecule has 144 valence electrons. The van der Waals surface area contributed by atoms with E-state index in [0.29, 0.717) is 18.0 Å². The lowest BCUT2D eigenvalue weighted by molar-refractivity contribution is -0.129. The highest BCUT2D eigenvalue weighted by molar-refractivity contribution is 7.89. The quantitative estimate of drug-likeness (QED) is 0.796. The SMILES string of the molecule is CC(=O)N(CCNS(=O)(=O)c1ccc2c(c1)CCCC2)Cc1ccccc1. The third-order valence-electron chi connectivity index (χ3n) is 4.97. The van der Waals surface area contributed by atoms with Gasteiger partial charge < -0.3 is 4.90 Å². The molecular weight excluding hydrogens is 360 g/mol. The topological polar surface area (TPSA) is 66.5 Å². The first-order valence-electron chi connectivity index (χ1n) is 9.36. The van der Waals surface area contributed by atoms with E-state index in [4.69, 9.17) is 0 Å². The minimum Gasteiger partial charge on any atom is -0.337 e. The van der Waals surface area contributed by atoms with E-state index in [-0.39, 0.29) is 12.5 Å². The Kier molecular flexibility index (Phi) is 6.29. The largest absolute Gasteiger partial charge is 0.337 e. The molecule has 1 N–H and O–H groups in total. The molecule has 6 heteroatoms. The van der Waals surface area contributed by atoms with Gasteiger partial charge in [0.2, 0.25) is 15.9 Å². The van der Waals surface area contributed by atoms with Gasteiger partial charge in [-0.1, -0.05) is 36.4 Å². The number of hydrogen-bond acceptors (Lipinski definition) is 3. The second-order valence-corrected chi connectivity index (χ2v) is 8.73. The van der Waals surface area contributed by atoms with E-state index in [1.807, 2.05) is 36.4 Å². The highest BCUT2D eigenvalue weighted by Crippen LogP contribution is 2.24. The van der Waals surface area contributed by atoms with E-state index < -0.39 is 10.0 Å². The first-order valence-corrected chi connectivity index (χ1v) is 10.8. The minimum atomic E-state index is -3.58. The van der Waals surface area contributed by atoms with Gasteiger partial charge in [-0.3, -0.25) is 4.79 Å². The summed E-state index contributed by atoms with van der Waals surface area (Å²) in [6.07, 6.45) is 4.24. The first kappa shape index (κ1) is 19.6. The van der Waals surface area contributed by atoms with Crippen molar-refractivity contribution in [3.63, 3.8) is 0 Å². The van der Waals surface area contributed by atoms with Crippen molar-refractivity contribution >= 4 is 15.9 Å². The lowest BCUT2D eigenvalue weighted by atomic mass is 9.92. The normalized spacial score (nSPS) is 13.8. The number of nitrogens with one attached hydrogen (secondary N) is 1. The number of carbonyl (C=O) groups excluding carboxylic acids is 1. The van der Waals surface area contributed by atoms with E-state index in [1.54, 1.807) is 17.0 Å². The average Bonchev–Trinajstić information content (AvgIpc) is 2.67. The Balaban J connectivity index is 1.61. The predicted molar refractivity (Wildman–Crippen MR) is 106 cm³/mol. The highest BCUT2D eigenvalue weighted by atomic mass is 32.2. The Morgan fingerprint density at radius 1 is 1.04 bits per heavy atom. The second kappa shape index (κ2) is 8.67. The molecule has 2 aromatic rings. The predicted octanol–water partition coefficient (Wildman–Crippen LogP) is 2.89. The third-order valence-corrected chi connectivity index (χ3v) is 6.42. The first-order chi connectivity index (χ1) is 13.0. The Labute approximate surface area is 161 Å². The summed E-state index contributed by atoms with van der Waals surface area (Å²) >= 11 is 0. The standard InChI is InChI=1S/C21H26N2O3S/c1-17(24)23(16-18-7-3-2-4-8-18)14-13-22-27(25,26)21-12-11-19-9-5-6-10-20(19)15-21/h2-4,7-8,11-12,15,22H,5-6,9-10,13-14,16H2,1H3. The Morgan fingerprint density at radius 2 is 1.74 bits per heavy atom. The molecule has 0 aromatic heterocycles. The molecule has 1 aliphatic rings. The molecule has 0 saturated heterocycles. The monoisotopic (exact) mass is 386 g/mol. The van der Waals surface area contributed by atoms with Crippen LogP contribution in [0.15, 0.2) is 53.4 Å². The number of nitrogens with zero attached hydrogens (tertiary/aromatic N) is 1. The summed E-state index contributed by atoms with van der Waals surface area (Å²) < 4.78 is 27.9. The smallest absolute Gasteiger partial charge is 0.240 e. The van der Waals surface area contributed by atoms with Crippen molar-refractivity contribution in [2.75, 3.05) is 13.1 Å². The van der Waals surface area contributed by atoms with Crippen LogP contribution >= 0.6 is 0 Å². The summed E-state index contributed by atoms with van der Waals surface area (Å²) in [4.78, 5) is 13.8. The molecule has 0 fully saturated rings. The van der Waals surface area contributed by atoms with Crippen molar-refractivity contribution in [2.45, 2.75) is 44.0 Å². The zero-order valence-electron chi connectivity index (χ0n) is 15.6. The van der Waals surface area contributed by atoms with Crippen LogP contribution in [-0.2, 0) is 34.2 Å². The van der Waals surface area contributed by atoms with Crippen molar-refractivity contribution < 1.29 is 13.2 Å². The van der Waals surface area contributed by atoms with Crippen LogP contribution in [0.25, 0.3) is 0 Å². The van der Waals surface area contributed by atoms with Crippen molar-refractivity contribution in [1.82, 2.24) is 9.62 Å². The average molecular weight is 387 g/mol. The molecule has 0 radical (unpaired) electrons. The van der Waals surface area contributed by atoms with Crippen molar-refractivity contribution in [3.8, 4) is 0 Å². The summed E-state index contributed by atoms with van der Waals surface area (Å²) in [7, 11) is -3.58. The lowest BCUT2D eigenvalue weighted by Gasteiger charge is -2.21. The number of fused-ring (bicyclic) bond motifs is 1. The third kappa shape index (κ3) is 5.17. The van der Waals surface area contributed by atoms with Gasteiger partial charge in [0.25, 0.3) is 0 Å². The molecule has 27 heavy (non-hydrogen) atoms. The Hall–Kier alpha value is -2.18. The number of aryl methyl sites for hydroxylation is 2. The van der Waals surface area contributed by atoms with Crippen molar-refractivity contribution in [2.24, 2.45) is 0 Å². The van der Waals surface area contributed by atoms with Gasteiger partial charge in [-0.15, -0.1) is 0 Å². The molecule has 0 bridgehead atoms. The molecule has 0 saturated carbocycles. The van der Waals surface area contributed by atoms with Crippen LogP contribution in [-0.4, -0.2) is 32.3 Å². The van der Waals surface area contributed by atoms with Crippen LogP contribution < -0.4 is 4.72 Å². The number of sulfonamides is 1. The van der Waals surface area contributed by atoms with Gasteiger partial charge in [-0.05, 0) is 54.5 Å². The molecular formula is C21H26N2O3S. The molecule has 0 unspecified atom stereocenters. The van der Waals surface area contributed by atoms with Crippen LogP contribution in [0.5, 0.6) is 0 Å². The summed E-state index contributed by atoms with van der Waals surface area (Å²) in [5.74, 6) is -0.0770. The number of rotatable bonds is 7. The maximum Gasteiger partial charge on any atom is 0.240 e.